The summed E-state index contributed by atoms with van der Waals surface area (Å²) in [6.07, 6.45) is 2.63. The summed E-state index contributed by atoms with van der Waals surface area (Å²) >= 11 is 6.00. The van der Waals surface area contributed by atoms with Crippen LogP contribution in [0.3, 0.4) is 0 Å². The highest BCUT2D eigenvalue weighted by Gasteiger charge is 2.24. The zero-order chi connectivity index (χ0) is 20.7. The Morgan fingerprint density at radius 1 is 1.21 bits per heavy atom. The molecular formula is C20H25ClN2O4S. The largest absolute Gasteiger partial charge is 0.495 e. The molecule has 0 aliphatic rings. The zero-order valence-electron chi connectivity index (χ0n) is 16.2. The smallest absolute Gasteiger partial charge is 0.240 e. The molecule has 0 bridgehead atoms. The second-order valence-corrected chi connectivity index (χ2v) is 8.87. The summed E-state index contributed by atoms with van der Waals surface area (Å²) in [5.41, 5.74) is 2.63. The summed E-state index contributed by atoms with van der Waals surface area (Å²) in [7, 11) is -2.28. The third kappa shape index (κ3) is 6.42. The van der Waals surface area contributed by atoms with Crippen LogP contribution in [-0.4, -0.2) is 40.8 Å². The minimum Gasteiger partial charge on any atom is -0.495 e. The number of carbonyl (C=O) groups excluding carboxylic acids is 1. The highest BCUT2D eigenvalue weighted by Crippen LogP contribution is 2.32. The van der Waals surface area contributed by atoms with E-state index in [-0.39, 0.29) is 12.2 Å². The lowest BCUT2D eigenvalue weighted by molar-refractivity contribution is -0.119. The number of amides is 1. The molecule has 28 heavy (non-hydrogen) atoms. The van der Waals surface area contributed by atoms with Crippen LogP contribution in [0.15, 0.2) is 42.5 Å². The van der Waals surface area contributed by atoms with Crippen LogP contribution in [0, 0.1) is 6.92 Å². The number of benzene rings is 2. The van der Waals surface area contributed by atoms with Gasteiger partial charge < -0.3 is 10.1 Å². The molecule has 2 aromatic carbocycles. The van der Waals surface area contributed by atoms with E-state index in [9.17, 15) is 13.2 Å². The van der Waals surface area contributed by atoms with E-state index >= 15 is 0 Å². The number of methoxy groups -OCH3 is 1. The summed E-state index contributed by atoms with van der Waals surface area (Å²) in [4.78, 5) is 12.3. The third-order valence-corrected chi connectivity index (χ3v) is 5.51. The minimum atomic E-state index is -3.71. The van der Waals surface area contributed by atoms with E-state index in [0.29, 0.717) is 17.3 Å². The Morgan fingerprint density at radius 3 is 2.61 bits per heavy atom. The molecule has 0 aromatic heterocycles. The summed E-state index contributed by atoms with van der Waals surface area (Å²) in [5.74, 6) is -0.0706. The van der Waals surface area contributed by atoms with E-state index in [4.69, 9.17) is 16.3 Å². The average molecular weight is 425 g/mol. The van der Waals surface area contributed by atoms with E-state index in [1.165, 1.54) is 24.3 Å². The number of halogens is 1. The van der Waals surface area contributed by atoms with Gasteiger partial charge in [-0.25, -0.2) is 8.42 Å². The van der Waals surface area contributed by atoms with Crippen molar-refractivity contribution in [3.05, 3.63) is 58.6 Å². The molecule has 2 rings (SSSR count). The highest BCUT2D eigenvalue weighted by atomic mass is 35.5. The maximum absolute atomic E-state index is 12.3. The van der Waals surface area contributed by atoms with Crippen molar-refractivity contribution in [3.8, 4) is 5.75 Å². The number of hydrogen-bond acceptors (Lipinski definition) is 4. The van der Waals surface area contributed by atoms with Crippen LogP contribution in [0.1, 0.15) is 17.5 Å². The van der Waals surface area contributed by atoms with E-state index in [0.717, 1.165) is 23.4 Å². The Bertz CT molecular complexity index is 932. The summed E-state index contributed by atoms with van der Waals surface area (Å²) in [5, 5.41) is 3.12. The molecule has 0 radical (unpaired) electrons. The zero-order valence-corrected chi connectivity index (χ0v) is 17.8. The van der Waals surface area contributed by atoms with E-state index < -0.39 is 15.9 Å². The molecular weight excluding hydrogens is 400 g/mol. The molecule has 0 aliphatic carbocycles. The van der Waals surface area contributed by atoms with Crippen molar-refractivity contribution in [2.45, 2.75) is 19.8 Å². The number of anilines is 1. The second kappa shape index (κ2) is 9.80. The number of aryl methyl sites for hydroxylation is 2. The van der Waals surface area contributed by atoms with Crippen molar-refractivity contribution in [2.75, 3.05) is 30.8 Å². The van der Waals surface area contributed by atoms with Crippen molar-refractivity contribution in [1.29, 1.82) is 0 Å². The van der Waals surface area contributed by atoms with Crippen LogP contribution in [0.25, 0.3) is 0 Å². The molecule has 0 saturated carbocycles. The normalized spacial score (nSPS) is 11.1. The monoisotopic (exact) mass is 424 g/mol. The number of nitrogens with one attached hydrogen (secondary N) is 1. The summed E-state index contributed by atoms with van der Waals surface area (Å²) < 4.78 is 30.7. The Labute approximate surface area is 171 Å². The minimum absolute atomic E-state index is 0.229. The van der Waals surface area contributed by atoms with Gasteiger partial charge in [-0.1, -0.05) is 41.4 Å². The molecule has 0 heterocycles. The van der Waals surface area contributed by atoms with Crippen molar-refractivity contribution < 1.29 is 17.9 Å². The predicted octanol–water partition coefficient (Wildman–Crippen LogP) is 3.17. The predicted molar refractivity (Wildman–Crippen MR) is 113 cm³/mol. The lowest BCUT2D eigenvalue weighted by Gasteiger charge is -2.24. The first-order valence-electron chi connectivity index (χ1n) is 8.84. The molecule has 1 amide bonds. The van der Waals surface area contributed by atoms with Crippen molar-refractivity contribution in [1.82, 2.24) is 5.32 Å². The van der Waals surface area contributed by atoms with Gasteiger partial charge in [-0.05, 0) is 43.5 Å². The molecule has 0 fully saturated rings. The van der Waals surface area contributed by atoms with E-state index in [2.05, 4.69) is 11.4 Å². The first-order chi connectivity index (χ1) is 13.2. The standard InChI is InChI=1S/C20H25ClN2O4S/c1-15-6-4-7-16(12-15)8-5-11-22-20(24)14-23(28(3,25)26)18-13-17(21)9-10-19(18)27-2/h4,6-7,9-10,12-13H,5,8,11,14H2,1-3H3,(H,22,24). The number of sulfonamides is 1. The Morgan fingerprint density at radius 2 is 1.96 bits per heavy atom. The maximum Gasteiger partial charge on any atom is 0.240 e. The number of hydrogen-bond donors (Lipinski definition) is 1. The van der Waals surface area contributed by atoms with Crippen LogP contribution >= 0.6 is 11.6 Å². The lowest BCUT2D eigenvalue weighted by atomic mass is 10.1. The molecule has 0 spiro atoms. The molecule has 0 unspecified atom stereocenters. The molecule has 0 atom stereocenters. The second-order valence-electron chi connectivity index (χ2n) is 6.53. The van der Waals surface area contributed by atoms with Crippen LogP contribution in [-0.2, 0) is 21.2 Å². The first kappa shape index (κ1) is 22.0. The van der Waals surface area contributed by atoms with Gasteiger partial charge in [0.1, 0.15) is 12.3 Å². The van der Waals surface area contributed by atoms with Gasteiger partial charge in [0.15, 0.2) is 0 Å². The topological polar surface area (TPSA) is 75.7 Å². The number of nitrogens with zero attached hydrogens (tertiary/aromatic N) is 1. The van der Waals surface area contributed by atoms with Gasteiger partial charge in [0.2, 0.25) is 15.9 Å². The van der Waals surface area contributed by atoms with Gasteiger partial charge in [0.05, 0.1) is 19.1 Å². The van der Waals surface area contributed by atoms with Crippen LogP contribution in [0.4, 0.5) is 5.69 Å². The van der Waals surface area contributed by atoms with Gasteiger partial charge in [0, 0.05) is 11.6 Å². The average Bonchev–Trinajstić information content (AvgIpc) is 2.62. The maximum atomic E-state index is 12.3. The fraction of sp³-hybridized carbons (Fsp3) is 0.350. The molecule has 2 aromatic rings. The fourth-order valence-electron chi connectivity index (χ4n) is 2.81. The molecule has 8 heteroatoms. The van der Waals surface area contributed by atoms with Crippen molar-refractivity contribution in [2.24, 2.45) is 0 Å². The summed E-state index contributed by atoms with van der Waals surface area (Å²) in [6.45, 7) is 2.15. The summed E-state index contributed by atoms with van der Waals surface area (Å²) in [6, 6.07) is 12.8. The first-order valence-corrected chi connectivity index (χ1v) is 11.1. The van der Waals surface area contributed by atoms with Gasteiger partial charge >= 0.3 is 0 Å². The van der Waals surface area contributed by atoms with Gasteiger partial charge in [-0.2, -0.15) is 0 Å². The van der Waals surface area contributed by atoms with E-state index in [1.807, 2.05) is 25.1 Å². The third-order valence-electron chi connectivity index (χ3n) is 4.14. The molecule has 0 saturated heterocycles. The lowest BCUT2D eigenvalue weighted by Crippen LogP contribution is -2.40. The molecule has 1 N–H and O–H groups in total. The quantitative estimate of drug-likeness (QED) is 0.627. The van der Waals surface area contributed by atoms with Crippen LogP contribution < -0.4 is 14.4 Å². The molecule has 6 nitrogen and oxygen atoms in total. The van der Waals surface area contributed by atoms with E-state index in [1.54, 1.807) is 12.1 Å². The Balaban J connectivity index is 1.99. The van der Waals surface area contributed by atoms with Gasteiger partial charge in [-0.15, -0.1) is 0 Å². The number of carbonyl (C=O) groups is 1. The van der Waals surface area contributed by atoms with Crippen LogP contribution in [0.5, 0.6) is 5.75 Å². The number of rotatable bonds is 9. The fourth-order valence-corrected chi connectivity index (χ4v) is 3.83. The Hall–Kier alpha value is -2.25. The van der Waals surface area contributed by atoms with Gasteiger partial charge in [0.25, 0.3) is 0 Å². The van der Waals surface area contributed by atoms with Crippen LogP contribution in [0.2, 0.25) is 5.02 Å². The highest BCUT2D eigenvalue weighted by molar-refractivity contribution is 7.92. The van der Waals surface area contributed by atoms with Crippen molar-refractivity contribution >= 4 is 33.2 Å². The molecule has 152 valence electrons. The number of ether oxygens (including phenoxy) is 1. The molecule has 0 aliphatic heterocycles. The van der Waals surface area contributed by atoms with Gasteiger partial charge in [-0.3, -0.25) is 9.10 Å². The SMILES string of the molecule is COc1ccc(Cl)cc1N(CC(=O)NCCCc1cccc(C)c1)S(C)(=O)=O. The van der Waals surface area contributed by atoms with Crippen molar-refractivity contribution in [3.63, 3.8) is 0 Å². The Kier molecular flexibility index (Phi) is 7.71.